The number of phenols is 1. The lowest BCUT2D eigenvalue weighted by atomic mass is 10.1. The summed E-state index contributed by atoms with van der Waals surface area (Å²) in [4.78, 5) is 23.9. The van der Waals surface area contributed by atoms with Gasteiger partial charge in [-0.05, 0) is 24.6 Å². The van der Waals surface area contributed by atoms with E-state index >= 15 is 0 Å². The number of Topliss-reactive ketones (excluding diaryl/α,β-unsaturated/α-hetero) is 1. The van der Waals surface area contributed by atoms with Crippen LogP contribution in [-0.4, -0.2) is 16.8 Å². The number of amides is 1. The van der Waals surface area contributed by atoms with Crippen molar-refractivity contribution in [1.29, 1.82) is 0 Å². The standard InChI is InChI=1S/C18H19NO3/c1-13(14-7-9-16(20)10-8-14)19-18(22)12-11-17(21)15-5-3-2-4-6-15/h2-10,13,20H,11-12H2,1H3,(H,19,22)/t13-/m1/s1. The van der Waals surface area contributed by atoms with Gasteiger partial charge >= 0.3 is 0 Å². The second-order valence-corrected chi connectivity index (χ2v) is 5.17. The Labute approximate surface area is 129 Å². The number of benzene rings is 2. The number of rotatable bonds is 6. The predicted molar refractivity (Wildman–Crippen MR) is 84.7 cm³/mol. The normalized spacial score (nSPS) is 11.7. The predicted octanol–water partition coefficient (Wildman–Crippen LogP) is 3.23. The highest BCUT2D eigenvalue weighted by atomic mass is 16.3. The Morgan fingerprint density at radius 1 is 1.00 bits per heavy atom. The second-order valence-electron chi connectivity index (χ2n) is 5.17. The van der Waals surface area contributed by atoms with Gasteiger partial charge in [-0.2, -0.15) is 0 Å². The molecule has 0 aliphatic carbocycles. The van der Waals surface area contributed by atoms with E-state index in [4.69, 9.17) is 0 Å². The molecule has 22 heavy (non-hydrogen) atoms. The topological polar surface area (TPSA) is 66.4 Å². The van der Waals surface area contributed by atoms with Gasteiger partial charge in [0.05, 0.1) is 6.04 Å². The van der Waals surface area contributed by atoms with E-state index in [1.165, 1.54) is 0 Å². The van der Waals surface area contributed by atoms with Crippen LogP contribution in [0.5, 0.6) is 5.75 Å². The van der Waals surface area contributed by atoms with E-state index in [-0.39, 0.29) is 36.3 Å². The van der Waals surface area contributed by atoms with Crippen LogP contribution in [0.3, 0.4) is 0 Å². The first kappa shape index (κ1) is 15.8. The van der Waals surface area contributed by atoms with Gasteiger partial charge in [0.1, 0.15) is 5.75 Å². The summed E-state index contributed by atoms with van der Waals surface area (Å²) in [7, 11) is 0. The summed E-state index contributed by atoms with van der Waals surface area (Å²) in [6, 6.07) is 15.5. The van der Waals surface area contributed by atoms with E-state index in [9.17, 15) is 14.7 Å². The molecule has 114 valence electrons. The summed E-state index contributed by atoms with van der Waals surface area (Å²) in [5.41, 5.74) is 1.53. The van der Waals surface area contributed by atoms with Gasteiger partial charge in [-0.1, -0.05) is 42.5 Å². The molecule has 2 rings (SSSR count). The Morgan fingerprint density at radius 3 is 2.27 bits per heavy atom. The molecule has 2 N–H and O–H groups in total. The molecule has 4 nitrogen and oxygen atoms in total. The Balaban J connectivity index is 1.83. The van der Waals surface area contributed by atoms with E-state index in [1.807, 2.05) is 13.0 Å². The maximum Gasteiger partial charge on any atom is 0.220 e. The molecule has 0 unspecified atom stereocenters. The van der Waals surface area contributed by atoms with Crippen LogP contribution >= 0.6 is 0 Å². The van der Waals surface area contributed by atoms with Gasteiger partial charge in [-0.15, -0.1) is 0 Å². The van der Waals surface area contributed by atoms with Gasteiger partial charge in [0, 0.05) is 18.4 Å². The van der Waals surface area contributed by atoms with E-state index in [1.54, 1.807) is 48.5 Å². The van der Waals surface area contributed by atoms with E-state index < -0.39 is 0 Å². The van der Waals surface area contributed by atoms with Crippen molar-refractivity contribution in [1.82, 2.24) is 5.32 Å². The molecule has 0 spiro atoms. The largest absolute Gasteiger partial charge is 0.508 e. The zero-order valence-corrected chi connectivity index (χ0v) is 12.5. The summed E-state index contributed by atoms with van der Waals surface area (Å²) in [5.74, 6) is -0.00590. The van der Waals surface area contributed by atoms with Crippen LogP contribution in [0.25, 0.3) is 0 Å². The first-order valence-electron chi connectivity index (χ1n) is 7.23. The number of aromatic hydroxyl groups is 1. The molecule has 2 aromatic carbocycles. The second kappa shape index (κ2) is 7.41. The van der Waals surface area contributed by atoms with Crippen molar-refractivity contribution in [3.63, 3.8) is 0 Å². The first-order chi connectivity index (χ1) is 10.6. The van der Waals surface area contributed by atoms with Gasteiger partial charge in [0.2, 0.25) is 5.91 Å². The number of phenolic OH excluding ortho intramolecular Hbond substituents is 1. The number of hydrogen-bond acceptors (Lipinski definition) is 3. The molecule has 0 aliphatic rings. The van der Waals surface area contributed by atoms with Crippen molar-refractivity contribution < 1.29 is 14.7 Å². The zero-order chi connectivity index (χ0) is 15.9. The number of nitrogens with one attached hydrogen (secondary N) is 1. The van der Waals surface area contributed by atoms with Gasteiger partial charge in [-0.3, -0.25) is 9.59 Å². The smallest absolute Gasteiger partial charge is 0.220 e. The fraction of sp³-hybridized carbons (Fsp3) is 0.222. The molecule has 4 heteroatoms. The Morgan fingerprint density at radius 2 is 1.64 bits per heavy atom. The average Bonchev–Trinajstić information content (AvgIpc) is 2.54. The van der Waals surface area contributed by atoms with Gasteiger partial charge in [-0.25, -0.2) is 0 Å². The van der Waals surface area contributed by atoms with Crippen LogP contribution in [0.2, 0.25) is 0 Å². The SMILES string of the molecule is C[C@@H](NC(=O)CCC(=O)c1ccccc1)c1ccc(O)cc1. The minimum Gasteiger partial charge on any atom is -0.508 e. The molecule has 0 fully saturated rings. The fourth-order valence-electron chi connectivity index (χ4n) is 2.16. The molecule has 0 radical (unpaired) electrons. The molecular weight excluding hydrogens is 278 g/mol. The summed E-state index contributed by atoms with van der Waals surface area (Å²) in [5, 5.41) is 12.1. The van der Waals surface area contributed by atoms with Crippen molar-refractivity contribution in [2.75, 3.05) is 0 Å². The fourth-order valence-corrected chi connectivity index (χ4v) is 2.16. The number of carbonyl (C=O) groups is 2. The monoisotopic (exact) mass is 297 g/mol. The molecule has 0 saturated heterocycles. The van der Waals surface area contributed by atoms with Gasteiger partial charge in [0.25, 0.3) is 0 Å². The number of hydrogen-bond donors (Lipinski definition) is 2. The Hall–Kier alpha value is -2.62. The van der Waals surface area contributed by atoms with Crippen LogP contribution in [-0.2, 0) is 4.79 Å². The first-order valence-corrected chi connectivity index (χ1v) is 7.23. The lowest BCUT2D eigenvalue weighted by Gasteiger charge is -2.14. The lowest BCUT2D eigenvalue weighted by Crippen LogP contribution is -2.26. The molecule has 0 saturated carbocycles. The van der Waals surface area contributed by atoms with Crippen molar-refractivity contribution in [2.45, 2.75) is 25.8 Å². The molecule has 1 atom stereocenters. The Bertz CT molecular complexity index is 635. The number of carbonyl (C=O) groups excluding carboxylic acids is 2. The molecule has 0 bridgehead atoms. The minimum absolute atomic E-state index is 0.0342. The van der Waals surface area contributed by atoms with Crippen molar-refractivity contribution in [3.05, 3.63) is 65.7 Å². The molecule has 2 aromatic rings. The van der Waals surface area contributed by atoms with Gasteiger partial charge in [0.15, 0.2) is 5.78 Å². The van der Waals surface area contributed by atoms with Crippen molar-refractivity contribution in [3.8, 4) is 5.75 Å². The molecule has 0 heterocycles. The van der Waals surface area contributed by atoms with E-state index in [0.717, 1.165) is 5.56 Å². The summed E-state index contributed by atoms with van der Waals surface area (Å²) in [6.45, 7) is 1.86. The summed E-state index contributed by atoms with van der Waals surface area (Å²) < 4.78 is 0. The van der Waals surface area contributed by atoms with Crippen LogP contribution in [0, 0.1) is 0 Å². The van der Waals surface area contributed by atoms with E-state index in [0.29, 0.717) is 5.56 Å². The van der Waals surface area contributed by atoms with Crippen LogP contribution in [0.4, 0.5) is 0 Å². The third-order valence-electron chi connectivity index (χ3n) is 3.45. The summed E-state index contributed by atoms with van der Waals surface area (Å²) >= 11 is 0. The quantitative estimate of drug-likeness (QED) is 0.804. The molecule has 0 aromatic heterocycles. The zero-order valence-electron chi connectivity index (χ0n) is 12.5. The maximum atomic E-state index is 11.9. The van der Waals surface area contributed by atoms with Crippen LogP contribution in [0.15, 0.2) is 54.6 Å². The van der Waals surface area contributed by atoms with Gasteiger partial charge < -0.3 is 10.4 Å². The third-order valence-corrected chi connectivity index (χ3v) is 3.45. The molecule has 1 amide bonds. The Kier molecular flexibility index (Phi) is 5.31. The highest BCUT2D eigenvalue weighted by Crippen LogP contribution is 2.16. The van der Waals surface area contributed by atoms with E-state index in [2.05, 4.69) is 5.32 Å². The highest BCUT2D eigenvalue weighted by molar-refractivity contribution is 5.97. The summed E-state index contributed by atoms with van der Waals surface area (Å²) in [6.07, 6.45) is 0.355. The van der Waals surface area contributed by atoms with Crippen molar-refractivity contribution in [2.24, 2.45) is 0 Å². The highest BCUT2D eigenvalue weighted by Gasteiger charge is 2.12. The molecule has 0 aliphatic heterocycles. The molecular formula is C18H19NO3. The third kappa shape index (κ3) is 4.45. The van der Waals surface area contributed by atoms with Crippen LogP contribution in [0.1, 0.15) is 41.7 Å². The van der Waals surface area contributed by atoms with Crippen LogP contribution < -0.4 is 5.32 Å². The maximum absolute atomic E-state index is 11.9. The average molecular weight is 297 g/mol. The minimum atomic E-state index is -0.167. The lowest BCUT2D eigenvalue weighted by molar-refractivity contribution is -0.121. The number of ketones is 1. The van der Waals surface area contributed by atoms with Crippen molar-refractivity contribution >= 4 is 11.7 Å².